The molecule has 1 rings (SSSR count). The number of amides is 1. The molecule has 0 aliphatic heterocycles. The summed E-state index contributed by atoms with van der Waals surface area (Å²) < 4.78 is 0. The molecule has 0 saturated carbocycles. The van der Waals surface area contributed by atoms with Crippen LogP contribution in [0.5, 0.6) is 0 Å². The van der Waals surface area contributed by atoms with E-state index in [2.05, 4.69) is 5.32 Å². The fraction of sp³-hybridized carbons (Fsp3) is 0.364. The van der Waals surface area contributed by atoms with Gasteiger partial charge in [-0.15, -0.1) is 0 Å². The summed E-state index contributed by atoms with van der Waals surface area (Å²) >= 11 is 0. The van der Waals surface area contributed by atoms with Crippen LogP contribution >= 0.6 is 0 Å². The molecule has 1 radical (unpaired) electrons. The van der Waals surface area contributed by atoms with Gasteiger partial charge in [-0.25, -0.2) is 5.32 Å². The number of carbonyl (C=O) groups excluding carboxylic acids is 1. The van der Waals surface area contributed by atoms with E-state index in [1.807, 2.05) is 44.2 Å². The third kappa shape index (κ3) is 4.80. The molecule has 0 N–H and O–H groups in total. The summed E-state index contributed by atoms with van der Waals surface area (Å²) in [6, 6.07) is 9.79. The molecule has 0 aliphatic rings. The minimum absolute atomic E-state index is 0. The van der Waals surface area contributed by atoms with Crippen molar-refractivity contribution in [2.45, 2.75) is 20.4 Å². The first-order valence-electron chi connectivity index (χ1n) is 4.45. The van der Waals surface area contributed by atoms with Gasteiger partial charge >= 0.3 is 29.6 Å². The monoisotopic (exact) mass is 200 g/mol. The first kappa shape index (κ1) is 13.7. The fourth-order valence-corrected chi connectivity index (χ4v) is 0.935. The van der Waals surface area contributed by atoms with Crippen LogP contribution in [0.4, 0.5) is 0 Å². The normalized spacial score (nSPS) is 9.36. The second-order valence-electron chi connectivity index (χ2n) is 3.29. The van der Waals surface area contributed by atoms with Gasteiger partial charge in [-0.2, -0.15) is 0 Å². The molecule has 0 aromatic heterocycles. The Hall–Kier alpha value is -0.310. The third-order valence-electron chi connectivity index (χ3n) is 1.75. The Morgan fingerprint density at radius 1 is 1.29 bits per heavy atom. The number of nitrogens with zero attached hydrogens (tertiary/aromatic N) is 1. The first-order valence-corrected chi connectivity index (χ1v) is 4.45. The van der Waals surface area contributed by atoms with Crippen LogP contribution in [0.25, 0.3) is 0 Å². The second kappa shape index (κ2) is 7.04. The molecule has 0 aliphatic carbocycles. The van der Waals surface area contributed by atoms with E-state index in [9.17, 15) is 4.79 Å². The zero-order chi connectivity index (χ0) is 9.68. The van der Waals surface area contributed by atoms with E-state index in [0.717, 1.165) is 5.56 Å². The van der Waals surface area contributed by atoms with Crippen molar-refractivity contribution >= 4 is 35.5 Å². The summed E-state index contributed by atoms with van der Waals surface area (Å²) in [5.41, 5.74) is 1.08. The molecule has 0 saturated heterocycles. The molecule has 3 heteroatoms. The minimum atomic E-state index is -0.0242. The molecule has 14 heavy (non-hydrogen) atoms. The molecule has 0 heterocycles. The van der Waals surface area contributed by atoms with Crippen molar-refractivity contribution in [3.05, 3.63) is 35.9 Å². The second-order valence-corrected chi connectivity index (χ2v) is 3.29. The molecule has 0 bridgehead atoms. The molecule has 1 aromatic rings. The van der Waals surface area contributed by atoms with Gasteiger partial charge < -0.3 is 0 Å². The van der Waals surface area contributed by atoms with Gasteiger partial charge in [0.25, 0.3) is 0 Å². The van der Waals surface area contributed by atoms with Gasteiger partial charge in [0.05, 0.1) is 6.54 Å². The Morgan fingerprint density at radius 2 is 1.86 bits per heavy atom. The van der Waals surface area contributed by atoms with Crippen molar-refractivity contribution in [1.29, 1.82) is 0 Å². The van der Waals surface area contributed by atoms with Crippen LogP contribution < -0.4 is 5.32 Å². The zero-order valence-electron chi connectivity index (χ0n) is 8.03. The SMILES string of the molecule is CC(C)C(=O)[N]Cc1ccccc1.[NaH]. The van der Waals surface area contributed by atoms with Crippen LogP contribution in [-0.2, 0) is 11.3 Å². The molecule has 0 fully saturated rings. The van der Waals surface area contributed by atoms with E-state index in [4.69, 9.17) is 0 Å². The van der Waals surface area contributed by atoms with Gasteiger partial charge in [0.2, 0.25) is 5.91 Å². The summed E-state index contributed by atoms with van der Waals surface area (Å²) in [4.78, 5) is 11.1. The van der Waals surface area contributed by atoms with E-state index in [0.29, 0.717) is 6.54 Å². The van der Waals surface area contributed by atoms with Crippen molar-refractivity contribution in [3.63, 3.8) is 0 Å². The van der Waals surface area contributed by atoms with Crippen molar-refractivity contribution < 1.29 is 4.79 Å². The van der Waals surface area contributed by atoms with Crippen LogP contribution in [0.15, 0.2) is 30.3 Å². The van der Waals surface area contributed by atoms with E-state index in [1.54, 1.807) is 0 Å². The topological polar surface area (TPSA) is 31.2 Å². The van der Waals surface area contributed by atoms with Crippen LogP contribution in [0.3, 0.4) is 0 Å². The van der Waals surface area contributed by atoms with Gasteiger partial charge in [0.1, 0.15) is 0 Å². The molecular weight excluding hydrogens is 185 g/mol. The van der Waals surface area contributed by atoms with Crippen molar-refractivity contribution in [2.75, 3.05) is 0 Å². The Balaban J connectivity index is 0.00000169. The first-order chi connectivity index (χ1) is 6.20. The number of rotatable bonds is 3. The maximum atomic E-state index is 11.1. The molecule has 1 aromatic carbocycles. The number of benzene rings is 1. The summed E-state index contributed by atoms with van der Waals surface area (Å²) in [6.07, 6.45) is 0. The van der Waals surface area contributed by atoms with E-state index in [-0.39, 0.29) is 41.4 Å². The van der Waals surface area contributed by atoms with Gasteiger partial charge in [0.15, 0.2) is 0 Å². The predicted octanol–water partition coefficient (Wildman–Crippen LogP) is 1.33. The standard InChI is InChI=1S/C11H14NO.Na.H/c1-9(2)11(13)12-8-10-6-4-3-5-7-10;;/h3-7,9H,8H2,1-2H3;;. The molecule has 71 valence electrons. The number of carbonyl (C=O) groups is 1. The Kier molecular flexibility index (Phi) is 6.89. The van der Waals surface area contributed by atoms with Crippen LogP contribution in [0.2, 0.25) is 0 Å². The summed E-state index contributed by atoms with van der Waals surface area (Å²) in [5.74, 6) is -0.0208. The maximum absolute atomic E-state index is 11.1. The predicted molar refractivity (Wildman–Crippen MR) is 59.3 cm³/mol. The molecule has 0 unspecified atom stereocenters. The molecular formula is C11H15NNaO. The number of hydrogen-bond donors (Lipinski definition) is 0. The van der Waals surface area contributed by atoms with E-state index in [1.165, 1.54) is 0 Å². The quantitative estimate of drug-likeness (QED) is 0.677. The summed E-state index contributed by atoms with van der Waals surface area (Å²) in [6.45, 7) is 4.21. The Morgan fingerprint density at radius 3 is 2.36 bits per heavy atom. The van der Waals surface area contributed by atoms with Crippen molar-refractivity contribution in [3.8, 4) is 0 Å². The van der Waals surface area contributed by atoms with Crippen molar-refractivity contribution in [2.24, 2.45) is 5.92 Å². The molecule has 1 amide bonds. The summed E-state index contributed by atoms with van der Waals surface area (Å²) in [7, 11) is 0. The van der Waals surface area contributed by atoms with Gasteiger partial charge in [-0.05, 0) is 5.56 Å². The Bertz CT molecular complexity index is 272. The molecule has 0 spiro atoms. The van der Waals surface area contributed by atoms with Gasteiger partial charge in [-0.3, -0.25) is 4.79 Å². The molecule has 0 atom stereocenters. The Labute approximate surface area is 107 Å². The number of hydrogen-bond acceptors (Lipinski definition) is 1. The van der Waals surface area contributed by atoms with Crippen molar-refractivity contribution in [1.82, 2.24) is 5.32 Å². The average Bonchev–Trinajstić information content (AvgIpc) is 2.15. The van der Waals surface area contributed by atoms with Gasteiger partial charge in [0, 0.05) is 5.92 Å². The van der Waals surface area contributed by atoms with Crippen LogP contribution in [-0.4, -0.2) is 35.5 Å². The van der Waals surface area contributed by atoms with Crippen LogP contribution in [0.1, 0.15) is 19.4 Å². The van der Waals surface area contributed by atoms with E-state index >= 15 is 0 Å². The molecule has 2 nitrogen and oxygen atoms in total. The van der Waals surface area contributed by atoms with Crippen LogP contribution in [0, 0.1) is 5.92 Å². The fourth-order valence-electron chi connectivity index (χ4n) is 0.935. The average molecular weight is 200 g/mol. The van der Waals surface area contributed by atoms with E-state index < -0.39 is 0 Å². The third-order valence-corrected chi connectivity index (χ3v) is 1.75. The zero-order valence-corrected chi connectivity index (χ0v) is 8.03. The summed E-state index contributed by atoms with van der Waals surface area (Å²) in [5, 5.41) is 3.96. The van der Waals surface area contributed by atoms with Gasteiger partial charge in [-0.1, -0.05) is 44.2 Å².